The van der Waals surface area contributed by atoms with Crippen molar-refractivity contribution in [1.29, 1.82) is 0 Å². The summed E-state index contributed by atoms with van der Waals surface area (Å²) in [5.41, 5.74) is 9.90. The number of hydrogen-bond donors (Lipinski definition) is 0. The lowest BCUT2D eigenvalue weighted by Gasteiger charge is -2.38. The molecule has 4 bridgehead atoms. The summed E-state index contributed by atoms with van der Waals surface area (Å²) in [6.07, 6.45) is 6.25. The van der Waals surface area contributed by atoms with E-state index in [0.29, 0.717) is 60.8 Å². The second kappa shape index (κ2) is 20.5. The first-order valence-corrected chi connectivity index (χ1v) is 22.9. The van der Waals surface area contributed by atoms with Gasteiger partial charge >= 0.3 is 0 Å². The third-order valence-corrected chi connectivity index (χ3v) is 14.3. The summed E-state index contributed by atoms with van der Waals surface area (Å²) in [5, 5.41) is 0.403. The van der Waals surface area contributed by atoms with Crippen molar-refractivity contribution in [2.75, 3.05) is 66.8 Å². The molecule has 63 heavy (non-hydrogen) atoms. The highest BCUT2D eigenvalue weighted by Gasteiger charge is 2.48. The molecule has 6 atom stereocenters. The molecule has 0 spiro atoms. The summed E-state index contributed by atoms with van der Waals surface area (Å²) >= 11 is 5.86. The summed E-state index contributed by atoms with van der Waals surface area (Å²) in [7, 11) is 3.36. The van der Waals surface area contributed by atoms with E-state index in [4.69, 9.17) is 30.5 Å². The number of carbonyl (C=O) groups is 2. The molecule has 0 radical (unpaired) electrons. The predicted octanol–water partition coefficient (Wildman–Crippen LogP) is 7.98. The van der Waals surface area contributed by atoms with Crippen molar-refractivity contribution in [3.63, 3.8) is 0 Å². The lowest BCUT2D eigenvalue weighted by atomic mass is 9.96. The van der Waals surface area contributed by atoms with E-state index >= 15 is 0 Å². The summed E-state index contributed by atoms with van der Waals surface area (Å²) in [4.78, 5) is 43.6. The Hall–Kier alpha value is -4.59. The average molecular weight is 882 g/mol. The van der Waals surface area contributed by atoms with Gasteiger partial charge in [0, 0.05) is 94.7 Å². The fourth-order valence-electron chi connectivity index (χ4n) is 10.1. The maximum atomic E-state index is 13.1. The number of benzene rings is 2. The quantitative estimate of drug-likeness (QED) is 0.0862. The van der Waals surface area contributed by atoms with Crippen molar-refractivity contribution in [2.45, 2.75) is 104 Å². The van der Waals surface area contributed by atoms with Gasteiger partial charge in [0.25, 0.3) is 11.8 Å². The third kappa shape index (κ3) is 9.90. The second-order valence-electron chi connectivity index (χ2n) is 17.5. The van der Waals surface area contributed by atoms with E-state index in [2.05, 4.69) is 97.4 Å². The number of aromatic nitrogens is 2. The standard InChI is InChI=1S/C26H35N3O3.C24H30ClN3O3/c1-6-21-8-7-20(14-27-21)26(30)29-16-22-13-23(29)15-28(22)19(4)24-9-10-25(18(3)17(24)2)32-12-11-31-5;1-15-16(2)22(31-10-9-30-4)7-6-21(15)17(3)27-13-20-11-19(27)14-28(20)24(29)18-5-8-23(25)26-12-18/h7-10,14,19,22-23H,6,11-13,15-16H2,1-5H3;5-8,12,17,19-20H,9-11,13-14H2,1-4H3/t19-,22-,23-;17-,19-,20-/m00/s1. The van der Waals surface area contributed by atoms with Crippen molar-refractivity contribution in [2.24, 2.45) is 0 Å². The summed E-state index contributed by atoms with van der Waals surface area (Å²) in [5.74, 6) is 2.01. The van der Waals surface area contributed by atoms with Crippen LogP contribution in [0.15, 0.2) is 60.9 Å². The van der Waals surface area contributed by atoms with Gasteiger partial charge < -0.3 is 28.7 Å². The number of carbonyl (C=O) groups excluding carboxylic acids is 2. The van der Waals surface area contributed by atoms with Gasteiger partial charge in [-0.3, -0.25) is 24.4 Å². The van der Waals surface area contributed by atoms with Crippen molar-refractivity contribution >= 4 is 23.4 Å². The molecule has 4 fully saturated rings. The lowest BCUT2D eigenvalue weighted by Crippen LogP contribution is -2.49. The van der Waals surface area contributed by atoms with Gasteiger partial charge in [-0.15, -0.1) is 0 Å². The van der Waals surface area contributed by atoms with E-state index in [-0.39, 0.29) is 29.9 Å². The van der Waals surface area contributed by atoms with Crippen LogP contribution in [-0.2, 0) is 15.9 Å². The van der Waals surface area contributed by atoms with Crippen LogP contribution in [0.1, 0.15) is 105 Å². The Balaban J connectivity index is 0.000000189. The van der Waals surface area contributed by atoms with Gasteiger partial charge in [0.15, 0.2) is 0 Å². The highest BCUT2D eigenvalue weighted by atomic mass is 35.5. The van der Waals surface area contributed by atoms with Gasteiger partial charge in [0.05, 0.1) is 24.3 Å². The number of nitrogens with zero attached hydrogens (tertiary/aromatic N) is 6. The average Bonchev–Trinajstić information content (AvgIpc) is 4.12. The SMILES string of the molecule is CCc1ccc(C(=O)N2C[C@@H]3C[C@H]2CN3[C@@H](C)c2ccc(OCCOC)c(C)c2C)cn1.COCCOc1ccc([C@H](C)N2C[C@@H]3C[C@H]2CN3C(=O)c2ccc(Cl)nc2)c(C)c1C. The normalized spacial score (nSPS) is 21.4. The monoisotopic (exact) mass is 880 g/mol. The Morgan fingerprint density at radius 2 is 1.08 bits per heavy atom. The van der Waals surface area contributed by atoms with Crippen LogP contribution in [0, 0.1) is 27.7 Å². The van der Waals surface area contributed by atoms with E-state index in [1.807, 2.05) is 17.0 Å². The van der Waals surface area contributed by atoms with Crippen LogP contribution >= 0.6 is 11.6 Å². The minimum atomic E-state index is 0.0496. The number of rotatable bonds is 15. The number of pyridine rings is 2. The van der Waals surface area contributed by atoms with Gasteiger partial charge in [-0.25, -0.2) is 4.98 Å². The van der Waals surface area contributed by atoms with Crippen molar-refractivity contribution < 1.29 is 28.5 Å². The molecule has 0 saturated carbocycles. The fourth-order valence-corrected chi connectivity index (χ4v) is 10.2. The van der Waals surface area contributed by atoms with Crippen molar-refractivity contribution in [3.8, 4) is 11.5 Å². The number of halogens is 1. The van der Waals surface area contributed by atoms with E-state index < -0.39 is 0 Å². The maximum Gasteiger partial charge on any atom is 0.255 e. The molecule has 4 aliphatic heterocycles. The van der Waals surface area contributed by atoms with Crippen LogP contribution in [0.5, 0.6) is 11.5 Å². The number of fused-ring (bicyclic) bond motifs is 4. The van der Waals surface area contributed by atoms with Crippen LogP contribution < -0.4 is 9.47 Å². The van der Waals surface area contributed by atoms with Crippen molar-refractivity contribution in [3.05, 3.63) is 116 Å². The second-order valence-corrected chi connectivity index (χ2v) is 17.9. The van der Waals surface area contributed by atoms with E-state index in [1.54, 1.807) is 38.7 Å². The summed E-state index contributed by atoms with van der Waals surface area (Å²) in [6.45, 7) is 20.8. The minimum absolute atomic E-state index is 0.0496. The van der Waals surface area contributed by atoms with E-state index in [1.165, 1.54) is 33.4 Å². The topological polar surface area (TPSA) is 110 Å². The van der Waals surface area contributed by atoms with Gasteiger partial charge in [0.2, 0.25) is 0 Å². The van der Waals surface area contributed by atoms with E-state index in [9.17, 15) is 9.59 Å². The van der Waals surface area contributed by atoms with Crippen LogP contribution in [-0.4, -0.2) is 132 Å². The third-order valence-electron chi connectivity index (χ3n) is 14.0. The first kappa shape index (κ1) is 46.4. The molecular formula is C50H65ClN6O6. The molecule has 0 N–H and O–H groups in total. The number of aryl methyl sites for hydroxylation is 1. The molecule has 2 aromatic carbocycles. The molecule has 4 aliphatic rings. The van der Waals surface area contributed by atoms with Crippen LogP contribution in [0.2, 0.25) is 5.15 Å². The number of piperazine rings is 2. The molecule has 4 saturated heterocycles. The van der Waals surface area contributed by atoms with Crippen molar-refractivity contribution in [1.82, 2.24) is 29.6 Å². The number of likely N-dealkylation sites (tertiary alicyclic amines) is 4. The Bertz CT molecular complexity index is 2220. The molecule has 2 aromatic heterocycles. The smallest absolute Gasteiger partial charge is 0.255 e. The van der Waals surface area contributed by atoms with Gasteiger partial charge in [-0.05, 0) is 131 Å². The van der Waals surface area contributed by atoms with Gasteiger partial charge in [-0.1, -0.05) is 30.7 Å². The summed E-state index contributed by atoms with van der Waals surface area (Å²) < 4.78 is 21.9. The molecular weight excluding hydrogens is 816 g/mol. The molecule has 0 unspecified atom stereocenters. The number of ether oxygens (including phenoxy) is 4. The van der Waals surface area contributed by atoms with Gasteiger partial charge in [-0.2, -0.15) is 0 Å². The number of hydrogen-bond acceptors (Lipinski definition) is 10. The first-order valence-electron chi connectivity index (χ1n) is 22.5. The van der Waals surface area contributed by atoms with Gasteiger partial charge in [0.1, 0.15) is 29.9 Å². The molecule has 13 heteroatoms. The number of amides is 2. The zero-order valence-corrected chi connectivity index (χ0v) is 39.3. The Morgan fingerprint density at radius 3 is 1.44 bits per heavy atom. The Kier molecular flexibility index (Phi) is 15.1. The zero-order valence-electron chi connectivity index (χ0n) is 38.5. The zero-order chi connectivity index (χ0) is 44.9. The summed E-state index contributed by atoms with van der Waals surface area (Å²) in [6, 6.07) is 17.7. The minimum Gasteiger partial charge on any atom is -0.491 e. The molecule has 0 aliphatic carbocycles. The van der Waals surface area contributed by atoms with Crippen LogP contribution in [0.4, 0.5) is 0 Å². The molecule has 2 amide bonds. The number of methoxy groups -OCH3 is 2. The molecule has 338 valence electrons. The molecule has 12 nitrogen and oxygen atoms in total. The molecule has 8 rings (SSSR count). The largest absolute Gasteiger partial charge is 0.491 e. The fraction of sp³-hybridized carbons (Fsp3) is 0.520. The van der Waals surface area contributed by atoms with Crippen LogP contribution in [0.3, 0.4) is 0 Å². The Morgan fingerprint density at radius 1 is 0.619 bits per heavy atom. The highest BCUT2D eigenvalue weighted by molar-refractivity contribution is 6.29. The van der Waals surface area contributed by atoms with E-state index in [0.717, 1.165) is 62.6 Å². The predicted molar refractivity (Wildman–Crippen MR) is 246 cm³/mol. The lowest BCUT2D eigenvalue weighted by molar-refractivity contribution is 0.0563. The maximum absolute atomic E-state index is 13.1. The molecule has 6 heterocycles. The van der Waals surface area contributed by atoms with Crippen LogP contribution in [0.25, 0.3) is 0 Å². The Labute approximate surface area is 378 Å². The first-order chi connectivity index (χ1) is 30.3. The highest BCUT2D eigenvalue weighted by Crippen LogP contribution is 2.41. The molecule has 4 aromatic rings.